The van der Waals surface area contributed by atoms with Crippen LogP contribution in [0, 0.1) is 12.8 Å². The number of nitrogens with one attached hydrogen (secondary N) is 1. The summed E-state index contributed by atoms with van der Waals surface area (Å²) in [5, 5.41) is 4.60. The van der Waals surface area contributed by atoms with E-state index in [2.05, 4.69) is 28.3 Å². The van der Waals surface area contributed by atoms with Crippen LogP contribution < -0.4 is 11.1 Å². The third-order valence-corrected chi connectivity index (χ3v) is 4.18. The number of nitrogens with two attached hydrogens (primary N) is 1. The summed E-state index contributed by atoms with van der Waals surface area (Å²) in [4.78, 5) is 11.0. The second-order valence-electron chi connectivity index (χ2n) is 4.62. The van der Waals surface area contributed by atoms with Gasteiger partial charge >= 0.3 is 0 Å². The highest BCUT2D eigenvalue weighted by Gasteiger charge is 2.30. The number of thiophene rings is 1. The normalized spacial score (nSPS) is 17.3. The molecule has 0 bridgehead atoms. The van der Waals surface area contributed by atoms with Crippen LogP contribution in [0.2, 0.25) is 0 Å². The molecule has 1 atom stereocenters. The van der Waals surface area contributed by atoms with E-state index in [0.29, 0.717) is 12.6 Å². The third-order valence-electron chi connectivity index (χ3n) is 3.22. The minimum atomic E-state index is 0.355. The van der Waals surface area contributed by atoms with Crippen LogP contribution >= 0.6 is 11.3 Å². The Morgan fingerprint density at radius 3 is 3.06 bits per heavy atom. The number of aryl methyl sites for hydroxylation is 1. The van der Waals surface area contributed by atoms with Crippen molar-refractivity contribution in [3.05, 3.63) is 17.3 Å². The summed E-state index contributed by atoms with van der Waals surface area (Å²) >= 11 is 1.70. The molecule has 4 nitrogen and oxygen atoms in total. The molecular weight excluding hydrogens is 232 g/mol. The van der Waals surface area contributed by atoms with Gasteiger partial charge in [-0.2, -0.15) is 0 Å². The molecule has 1 aliphatic carbocycles. The summed E-state index contributed by atoms with van der Waals surface area (Å²) in [7, 11) is 0. The molecule has 0 spiro atoms. The lowest BCUT2D eigenvalue weighted by atomic mass is 10.2. The zero-order valence-corrected chi connectivity index (χ0v) is 10.6. The van der Waals surface area contributed by atoms with Crippen molar-refractivity contribution in [3.8, 4) is 0 Å². The van der Waals surface area contributed by atoms with Gasteiger partial charge in [-0.15, -0.1) is 11.3 Å². The van der Waals surface area contributed by atoms with Crippen LogP contribution in [-0.4, -0.2) is 22.6 Å². The molecule has 0 saturated heterocycles. The number of aromatic nitrogens is 2. The summed E-state index contributed by atoms with van der Waals surface area (Å²) in [6, 6.07) is 2.50. The Labute approximate surface area is 104 Å². The highest BCUT2D eigenvalue weighted by atomic mass is 32.1. The number of rotatable bonds is 4. The van der Waals surface area contributed by atoms with Crippen LogP contribution in [0.15, 0.2) is 12.4 Å². The Bertz CT molecular complexity index is 532. The predicted molar refractivity (Wildman–Crippen MR) is 71.3 cm³/mol. The summed E-state index contributed by atoms with van der Waals surface area (Å²) in [5.41, 5.74) is 5.81. The molecule has 1 unspecified atom stereocenters. The molecule has 2 aromatic heterocycles. The quantitative estimate of drug-likeness (QED) is 0.870. The van der Waals surface area contributed by atoms with Gasteiger partial charge in [0.1, 0.15) is 17.0 Å². The Morgan fingerprint density at radius 2 is 2.35 bits per heavy atom. The van der Waals surface area contributed by atoms with Gasteiger partial charge in [0.05, 0.1) is 5.39 Å². The SMILES string of the molecule is Cc1cc2c(NC(CN)C3CC3)ncnc2s1. The van der Waals surface area contributed by atoms with Crippen LogP contribution in [0.1, 0.15) is 17.7 Å². The zero-order chi connectivity index (χ0) is 11.8. The van der Waals surface area contributed by atoms with Crippen molar-refractivity contribution >= 4 is 27.4 Å². The van der Waals surface area contributed by atoms with Crippen molar-refractivity contribution in [1.82, 2.24) is 9.97 Å². The highest BCUT2D eigenvalue weighted by molar-refractivity contribution is 7.18. The van der Waals surface area contributed by atoms with E-state index in [9.17, 15) is 0 Å². The molecule has 3 N–H and O–H groups in total. The fourth-order valence-electron chi connectivity index (χ4n) is 2.13. The minimum Gasteiger partial charge on any atom is -0.365 e. The minimum absolute atomic E-state index is 0.355. The van der Waals surface area contributed by atoms with Gasteiger partial charge < -0.3 is 11.1 Å². The zero-order valence-electron chi connectivity index (χ0n) is 9.81. The van der Waals surface area contributed by atoms with Gasteiger partial charge in [0, 0.05) is 17.5 Å². The average Bonchev–Trinajstić information content (AvgIpc) is 3.07. The summed E-state index contributed by atoms with van der Waals surface area (Å²) in [6.07, 6.45) is 4.19. The maximum Gasteiger partial charge on any atom is 0.138 e. The van der Waals surface area contributed by atoms with E-state index in [1.165, 1.54) is 17.7 Å². The van der Waals surface area contributed by atoms with Crippen LogP contribution in [0.3, 0.4) is 0 Å². The number of nitrogens with zero attached hydrogens (tertiary/aromatic N) is 2. The van der Waals surface area contributed by atoms with Crippen molar-refractivity contribution in [2.75, 3.05) is 11.9 Å². The van der Waals surface area contributed by atoms with E-state index in [1.807, 2.05) is 0 Å². The van der Waals surface area contributed by atoms with E-state index in [0.717, 1.165) is 22.0 Å². The van der Waals surface area contributed by atoms with E-state index < -0.39 is 0 Å². The largest absolute Gasteiger partial charge is 0.365 e. The summed E-state index contributed by atoms with van der Waals surface area (Å²) in [5.74, 6) is 1.66. The molecule has 0 radical (unpaired) electrons. The van der Waals surface area contributed by atoms with Gasteiger partial charge in [-0.25, -0.2) is 9.97 Å². The van der Waals surface area contributed by atoms with Crippen LogP contribution in [0.4, 0.5) is 5.82 Å². The van der Waals surface area contributed by atoms with Gasteiger partial charge in [-0.1, -0.05) is 0 Å². The van der Waals surface area contributed by atoms with Crippen molar-refractivity contribution in [3.63, 3.8) is 0 Å². The molecule has 1 aliphatic rings. The Balaban J connectivity index is 1.93. The van der Waals surface area contributed by atoms with E-state index in [-0.39, 0.29) is 0 Å². The first-order chi connectivity index (χ1) is 8.28. The molecule has 0 amide bonds. The topological polar surface area (TPSA) is 63.8 Å². The van der Waals surface area contributed by atoms with E-state index in [1.54, 1.807) is 17.7 Å². The molecule has 2 aromatic rings. The second-order valence-corrected chi connectivity index (χ2v) is 5.86. The highest BCUT2D eigenvalue weighted by Crippen LogP contribution is 2.35. The van der Waals surface area contributed by atoms with Gasteiger partial charge in [-0.05, 0) is 31.7 Å². The molecule has 17 heavy (non-hydrogen) atoms. The van der Waals surface area contributed by atoms with Gasteiger partial charge in [-0.3, -0.25) is 0 Å². The van der Waals surface area contributed by atoms with Crippen LogP contribution in [-0.2, 0) is 0 Å². The predicted octanol–water partition coefficient (Wildman–Crippen LogP) is 2.15. The van der Waals surface area contributed by atoms with Crippen molar-refractivity contribution in [2.24, 2.45) is 11.7 Å². The van der Waals surface area contributed by atoms with Crippen molar-refractivity contribution < 1.29 is 0 Å². The van der Waals surface area contributed by atoms with Gasteiger partial charge in [0.25, 0.3) is 0 Å². The Kier molecular flexibility index (Phi) is 2.72. The number of fused-ring (bicyclic) bond motifs is 1. The molecule has 1 fully saturated rings. The molecule has 2 heterocycles. The first-order valence-electron chi connectivity index (χ1n) is 5.95. The van der Waals surface area contributed by atoms with Crippen LogP contribution in [0.5, 0.6) is 0 Å². The third kappa shape index (κ3) is 2.12. The first kappa shape index (κ1) is 10.9. The molecule has 0 aromatic carbocycles. The molecule has 3 rings (SSSR count). The van der Waals surface area contributed by atoms with Gasteiger partial charge in [0.2, 0.25) is 0 Å². The molecule has 0 aliphatic heterocycles. The lowest BCUT2D eigenvalue weighted by Crippen LogP contribution is -2.31. The van der Waals surface area contributed by atoms with Gasteiger partial charge in [0.15, 0.2) is 0 Å². The summed E-state index contributed by atoms with van der Waals surface area (Å²) in [6.45, 7) is 2.76. The van der Waals surface area contributed by atoms with Crippen molar-refractivity contribution in [2.45, 2.75) is 25.8 Å². The molecule has 1 saturated carbocycles. The maximum absolute atomic E-state index is 5.81. The van der Waals surface area contributed by atoms with Crippen molar-refractivity contribution in [1.29, 1.82) is 0 Å². The molecular formula is C12H16N4S. The van der Waals surface area contributed by atoms with E-state index in [4.69, 9.17) is 5.73 Å². The number of anilines is 1. The fraction of sp³-hybridized carbons (Fsp3) is 0.500. The van der Waals surface area contributed by atoms with Crippen LogP contribution in [0.25, 0.3) is 10.2 Å². The molecule has 90 valence electrons. The number of hydrogen-bond acceptors (Lipinski definition) is 5. The second kappa shape index (κ2) is 4.23. The number of hydrogen-bond donors (Lipinski definition) is 2. The Morgan fingerprint density at radius 1 is 1.53 bits per heavy atom. The standard InChI is InChI=1S/C12H16N4S/c1-7-4-9-11(14-6-15-12(9)17-7)16-10(5-13)8-2-3-8/h4,6,8,10H,2-3,5,13H2,1H3,(H,14,15,16). The lowest BCUT2D eigenvalue weighted by molar-refractivity contribution is 0.643. The fourth-order valence-corrected chi connectivity index (χ4v) is 2.98. The Hall–Kier alpha value is -1.20. The lowest BCUT2D eigenvalue weighted by Gasteiger charge is -2.16. The maximum atomic E-state index is 5.81. The average molecular weight is 248 g/mol. The first-order valence-corrected chi connectivity index (χ1v) is 6.77. The molecule has 5 heteroatoms. The summed E-state index contributed by atoms with van der Waals surface area (Å²) < 4.78 is 0. The monoisotopic (exact) mass is 248 g/mol. The smallest absolute Gasteiger partial charge is 0.138 e. The van der Waals surface area contributed by atoms with E-state index >= 15 is 0 Å².